The molecule has 2 aromatic heterocycles. The van der Waals surface area contributed by atoms with Gasteiger partial charge in [-0.3, -0.25) is 4.90 Å². The molecule has 0 amide bonds. The number of hydrogen-bond donors (Lipinski definition) is 1. The highest BCUT2D eigenvalue weighted by atomic mass is 32.1. The van der Waals surface area contributed by atoms with E-state index in [4.69, 9.17) is 4.74 Å². The van der Waals surface area contributed by atoms with Gasteiger partial charge in [-0.15, -0.1) is 11.3 Å². The highest BCUT2D eigenvalue weighted by Crippen LogP contribution is 2.25. The number of rotatable bonds is 6. The van der Waals surface area contributed by atoms with E-state index in [9.17, 15) is 0 Å². The topological polar surface area (TPSA) is 50.3 Å². The van der Waals surface area contributed by atoms with E-state index in [0.717, 1.165) is 54.5 Å². The molecular formula is C15H22N4OS. The fourth-order valence-corrected chi connectivity index (χ4v) is 3.50. The molecule has 0 aliphatic carbocycles. The van der Waals surface area contributed by atoms with Gasteiger partial charge < -0.3 is 10.1 Å². The molecule has 21 heavy (non-hydrogen) atoms. The maximum Gasteiger partial charge on any atom is 0.146 e. The summed E-state index contributed by atoms with van der Waals surface area (Å²) in [6.45, 7) is 5.56. The van der Waals surface area contributed by atoms with Crippen LogP contribution in [0.2, 0.25) is 0 Å². The Balaban J connectivity index is 1.73. The van der Waals surface area contributed by atoms with Gasteiger partial charge in [0.1, 0.15) is 16.5 Å². The summed E-state index contributed by atoms with van der Waals surface area (Å²) in [5.74, 6) is 1.82. The maximum absolute atomic E-state index is 5.69. The van der Waals surface area contributed by atoms with Crippen LogP contribution in [-0.2, 0) is 11.3 Å². The summed E-state index contributed by atoms with van der Waals surface area (Å²) < 4.78 is 5.69. The molecule has 0 spiro atoms. The lowest BCUT2D eigenvalue weighted by Gasteiger charge is -2.20. The Morgan fingerprint density at radius 3 is 3.14 bits per heavy atom. The molecular weight excluding hydrogens is 284 g/mol. The van der Waals surface area contributed by atoms with E-state index in [1.54, 1.807) is 11.3 Å². The zero-order valence-corrected chi connectivity index (χ0v) is 13.4. The minimum atomic E-state index is 0.369. The lowest BCUT2D eigenvalue weighted by Crippen LogP contribution is -2.29. The van der Waals surface area contributed by atoms with Crippen molar-refractivity contribution in [2.45, 2.75) is 32.4 Å². The number of ether oxygens (including phenoxy) is 1. The summed E-state index contributed by atoms with van der Waals surface area (Å²) in [4.78, 5) is 12.7. The van der Waals surface area contributed by atoms with Crippen LogP contribution in [0.25, 0.3) is 10.2 Å². The molecule has 1 N–H and O–H groups in total. The number of anilines is 1. The van der Waals surface area contributed by atoms with E-state index in [-0.39, 0.29) is 0 Å². The van der Waals surface area contributed by atoms with Crippen LogP contribution < -0.4 is 5.32 Å². The third-order valence-electron chi connectivity index (χ3n) is 3.67. The summed E-state index contributed by atoms with van der Waals surface area (Å²) in [6, 6.07) is 2.08. The fourth-order valence-electron chi connectivity index (χ4n) is 2.71. The first-order chi connectivity index (χ1) is 10.3. The summed E-state index contributed by atoms with van der Waals surface area (Å²) >= 11 is 1.67. The van der Waals surface area contributed by atoms with E-state index in [1.165, 1.54) is 6.42 Å². The van der Waals surface area contributed by atoms with E-state index in [0.29, 0.717) is 6.10 Å². The predicted molar refractivity (Wildman–Crippen MR) is 86.9 cm³/mol. The number of nitrogens with one attached hydrogen (secondary N) is 1. The van der Waals surface area contributed by atoms with E-state index in [1.807, 2.05) is 0 Å². The highest BCUT2D eigenvalue weighted by Gasteiger charge is 2.18. The smallest absolute Gasteiger partial charge is 0.146 e. The van der Waals surface area contributed by atoms with Crippen molar-refractivity contribution in [2.75, 3.05) is 32.1 Å². The molecule has 0 aromatic carbocycles. The summed E-state index contributed by atoms with van der Waals surface area (Å²) in [5, 5.41) is 6.52. The monoisotopic (exact) mass is 306 g/mol. The minimum Gasteiger partial charge on any atom is -0.377 e. The Kier molecular flexibility index (Phi) is 4.67. The third kappa shape index (κ3) is 3.51. The highest BCUT2D eigenvalue weighted by molar-refractivity contribution is 7.16. The molecule has 2 aromatic rings. The van der Waals surface area contributed by atoms with Crippen molar-refractivity contribution in [3.63, 3.8) is 0 Å². The Labute approximate surface area is 129 Å². The van der Waals surface area contributed by atoms with Gasteiger partial charge in [0.25, 0.3) is 0 Å². The van der Waals surface area contributed by atoms with Crippen LogP contribution in [0, 0.1) is 0 Å². The standard InChI is InChI=1S/C15H22N4OS/c1-3-16-14-12-6-8-21-15(12)18-13(17-14)10-19(2)9-11-5-4-7-20-11/h6,8,11H,3-5,7,9-10H2,1-2H3,(H,16,17,18). The minimum absolute atomic E-state index is 0.369. The second kappa shape index (κ2) is 6.68. The van der Waals surface area contributed by atoms with Crippen molar-refractivity contribution >= 4 is 27.4 Å². The van der Waals surface area contributed by atoms with Crippen LogP contribution in [-0.4, -0.2) is 47.7 Å². The number of thiophene rings is 1. The molecule has 1 saturated heterocycles. The predicted octanol–water partition coefficient (Wildman–Crippen LogP) is 2.73. The Bertz CT molecular complexity index is 594. The number of aromatic nitrogens is 2. The zero-order chi connectivity index (χ0) is 14.7. The van der Waals surface area contributed by atoms with Gasteiger partial charge in [0.05, 0.1) is 18.0 Å². The van der Waals surface area contributed by atoms with E-state index < -0.39 is 0 Å². The normalized spacial score (nSPS) is 18.7. The van der Waals surface area contributed by atoms with E-state index >= 15 is 0 Å². The van der Waals surface area contributed by atoms with Crippen molar-refractivity contribution in [3.8, 4) is 0 Å². The number of hydrogen-bond acceptors (Lipinski definition) is 6. The van der Waals surface area contributed by atoms with Gasteiger partial charge in [-0.1, -0.05) is 0 Å². The van der Waals surface area contributed by atoms with Crippen LogP contribution in [0.4, 0.5) is 5.82 Å². The number of likely N-dealkylation sites (N-methyl/N-ethyl adjacent to an activating group) is 1. The SMILES string of the molecule is CCNc1nc(CN(C)CC2CCCO2)nc2sccc12. The maximum atomic E-state index is 5.69. The van der Waals surface area contributed by atoms with Crippen LogP contribution in [0.15, 0.2) is 11.4 Å². The first-order valence-electron chi connectivity index (χ1n) is 7.54. The van der Waals surface area contributed by atoms with Crippen molar-refractivity contribution < 1.29 is 4.74 Å². The van der Waals surface area contributed by atoms with Crippen molar-refractivity contribution in [1.29, 1.82) is 0 Å². The summed E-state index contributed by atoms with van der Waals surface area (Å²) in [5.41, 5.74) is 0. The molecule has 1 atom stereocenters. The van der Waals surface area contributed by atoms with Gasteiger partial charge in [-0.25, -0.2) is 9.97 Å². The molecule has 5 nitrogen and oxygen atoms in total. The first kappa shape index (κ1) is 14.7. The third-order valence-corrected chi connectivity index (χ3v) is 4.47. The average Bonchev–Trinajstić information content (AvgIpc) is 3.09. The lowest BCUT2D eigenvalue weighted by molar-refractivity contribution is 0.0787. The van der Waals surface area contributed by atoms with Gasteiger partial charge >= 0.3 is 0 Å². The first-order valence-corrected chi connectivity index (χ1v) is 8.42. The summed E-state index contributed by atoms with van der Waals surface area (Å²) in [7, 11) is 2.11. The summed E-state index contributed by atoms with van der Waals surface area (Å²) in [6.07, 6.45) is 2.71. The van der Waals surface area contributed by atoms with Gasteiger partial charge in [-0.05, 0) is 38.3 Å². The molecule has 1 fully saturated rings. The average molecular weight is 306 g/mol. The number of fused-ring (bicyclic) bond motifs is 1. The molecule has 114 valence electrons. The molecule has 6 heteroatoms. The Hall–Kier alpha value is -1.24. The van der Waals surface area contributed by atoms with Crippen LogP contribution >= 0.6 is 11.3 Å². The molecule has 0 radical (unpaired) electrons. The van der Waals surface area contributed by atoms with Gasteiger partial charge in [0, 0.05) is 19.7 Å². The van der Waals surface area contributed by atoms with Crippen LogP contribution in [0.3, 0.4) is 0 Å². The molecule has 3 heterocycles. The second-order valence-corrected chi connectivity index (χ2v) is 6.38. The molecule has 3 rings (SSSR count). The Morgan fingerprint density at radius 2 is 2.38 bits per heavy atom. The number of nitrogens with zero attached hydrogens (tertiary/aromatic N) is 3. The van der Waals surface area contributed by atoms with Crippen molar-refractivity contribution in [1.82, 2.24) is 14.9 Å². The van der Waals surface area contributed by atoms with E-state index in [2.05, 4.69) is 45.6 Å². The largest absolute Gasteiger partial charge is 0.377 e. The Morgan fingerprint density at radius 1 is 1.48 bits per heavy atom. The van der Waals surface area contributed by atoms with Crippen LogP contribution in [0.1, 0.15) is 25.6 Å². The zero-order valence-electron chi connectivity index (χ0n) is 12.6. The van der Waals surface area contributed by atoms with Crippen LogP contribution in [0.5, 0.6) is 0 Å². The van der Waals surface area contributed by atoms with Gasteiger partial charge in [0.2, 0.25) is 0 Å². The second-order valence-electron chi connectivity index (χ2n) is 5.49. The molecule has 1 unspecified atom stereocenters. The molecule has 0 saturated carbocycles. The molecule has 0 bridgehead atoms. The van der Waals surface area contributed by atoms with Crippen molar-refractivity contribution in [2.24, 2.45) is 0 Å². The lowest BCUT2D eigenvalue weighted by atomic mass is 10.2. The quantitative estimate of drug-likeness (QED) is 0.889. The molecule has 1 aliphatic rings. The van der Waals surface area contributed by atoms with Gasteiger partial charge in [0.15, 0.2) is 0 Å². The molecule has 1 aliphatic heterocycles. The fraction of sp³-hybridized carbons (Fsp3) is 0.600. The van der Waals surface area contributed by atoms with Gasteiger partial charge in [-0.2, -0.15) is 0 Å². The van der Waals surface area contributed by atoms with Crippen molar-refractivity contribution in [3.05, 3.63) is 17.3 Å².